The number of para-hydroxylation sites is 1. The molecule has 0 saturated carbocycles. The Balaban J connectivity index is 1.37. The van der Waals surface area contributed by atoms with Crippen LogP contribution in [0.4, 0.5) is 0 Å². The normalized spacial score (nSPS) is 11.0. The van der Waals surface area contributed by atoms with Gasteiger partial charge >= 0.3 is 0 Å². The molecule has 4 rings (SSSR count). The van der Waals surface area contributed by atoms with E-state index in [4.69, 9.17) is 11.6 Å². The molecule has 1 heterocycles. The first-order valence-electron chi connectivity index (χ1n) is 10.7. The van der Waals surface area contributed by atoms with Crippen molar-refractivity contribution in [3.8, 4) is 0 Å². The second kappa shape index (κ2) is 9.84. The highest BCUT2D eigenvalue weighted by molar-refractivity contribution is 6.30. The Morgan fingerprint density at radius 3 is 2.39 bits per heavy atom. The molecule has 0 unspecified atom stereocenters. The molecule has 3 aromatic carbocycles. The first-order valence-corrected chi connectivity index (χ1v) is 11.1. The summed E-state index contributed by atoms with van der Waals surface area (Å²) in [6, 6.07) is 24.8. The van der Waals surface area contributed by atoms with Crippen molar-refractivity contribution in [2.45, 2.75) is 32.7 Å². The van der Waals surface area contributed by atoms with Gasteiger partial charge in [-0.2, -0.15) is 0 Å². The second-order valence-corrected chi connectivity index (χ2v) is 8.45. The minimum Gasteiger partial charge on any atom is -0.356 e. The lowest BCUT2D eigenvalue weighted by Gasteiger charge is -2.06. The number of aryl methyl sites for hydroxylation is 2. The van der Waals surface area contributed by atoms with Gasteiger partial charge in [-0.15, -0.1) is 0 Å². The molecule has 0 atom stereocenters. The van der Waals surface area contributed by atoms with Crippen LogP contribution < -0.4 is 5.32 Å². The first kappa shape index (κ1) is 21.2. The minimum absolute atomic E-state index is 0.0873. The Morgan fingerprint density at radius 1 is 0.903 bits per heavy atom. The fourth-order valence-electron chi connectivity index (χ4n) is 3.88. The number of rotatable bonds is 8. The van der Waals surface area contributed by atoms with Gasteiger partial charge in [-0.25, -0.2) is 0 Å². The minimum atomic E-state index is 0.0873. The number of hydrogen-bond acceptors (Lipinski definition) is 1. The Kier molecular flexibility index (Phi) is 6.73. The monoisotopic (exact) mass is 430 g/mol. The van der Waals surface area contributed by atoms with Gasteiger partial charge in [0.2, 0.25) is 5.91 Å². The number of hydrogen-bond donors (Lipinski definition) is 1. The van der Waals surface area contributed by atoms with E-state index in [2.05, 4.69) is 71.5 Å². The van der Waals surface area contributed by atoms with Crippen LogP contribution in [0.15, 0.2) is 79.0 Å². The molecule has 0 bridgehead atoms. The highest BCUT2D eigenvalue weighted by atomic mass is 35.5. The Hall–Kier alpha value is -3.04. The summed E-state index contributed by atoms with van der Waals surface area (Å²) in [7, 11) is 0. The van der Waals surface area contributed by atoms with Crippen molar-refractivity contribution in [3.05, 3.63) is 106 Å². The largest absolute Gasteiger partial charge is 0.356 e. The van der Waals surface area contributed by atoms with E-state index in [1.54, 1.807) is 0 Å². The molecule has 4 heteroatoms. The summed E-state index contributed by atoms with van der Waals surface area (Å²) in [6.07, 6.45) is 4.22. The molecule has 158 valence electrons. The molecule has 3 nitrogen and oxygen atoms in total. The fraction of sp³-hybridized carbons (Fsp3) is 0.222. The molecule has 0 radical (unpaired) electrons. The number of nitrogens with zero attached hydrogens (tertiary/aromatic N) is 1. The van der Waals surface area contributed by atoms with Crippen molar-refractivity contribution >= 4 is 28.4 Å². The molecule has 0 aliphatic carbocycles. The molecule has 0 aliphatic rings. The molecule has 0 spiro atoms. The quantitative estimate of drug-likeness (QED) is 0.368. The van der Waals surface area contributed by atoms with E-state index < -0.39 is 0 Å². The number of fused-ring (bicyclic) bond motifs is 1. The van der Waals surface area contributed by atoms with E-state index in [0.717, 1.165) is 24.4 Å². The number of nitrogens with one attached hydrogen (secondary N) is 1. The third kappa shape index (κ3) is 5.56. The third-order valence-corrected chi connectivity index (χ3v) is 5.87. The smallest absolute Gasteiger partial charge is 0.220 e. The zero-order chi connectivity index (χ0) is 21.6. The van der Waals surface area contributed by atoms with Gasteiger partial charge in [-0.05, 0) is 54.7 Å². The van der Waals surface area contributed by atoms with Crippen LogP contribution in [0.1, 0.15) is 28.7 Å². The van der Waals surface area contributed by atoms with Crippen LogP contribution in [0.3, 0.4) is 0 Å². The fourth-order valence-corrected chi connectivity index (χ4v) is 4.00. The Bertz CT molecular complexity index is 1160. The number of carbonyl (C=O) groups is 1. The lowest BCUT2D eigenvalue weighted by atomic mass is 10.1. The van der Waals surface area contributed by atoms with Gasteiger partial charge in [0.1, 0.15) is 0 Å². The zero-order valence-corrected chi connectivity index (χ0v) is 18.5. The van der Waals surface area contributed by atoms with E-state index in [0.29, 0.717) is 13.0 Å². The van der Waals surface area contributed by atoms with Gasteiger partial charge in [-0.1, -0.05) is 71.8 Å². The highest BCUT2D eigenvalue weighted by Gasteiger charge is 2.10. The van der Waals surface area contributed by atoms with Crippen LogP contribution in [0.5, 0.6) is 0 Å². The van der Waals surface area contributed by atoms with Crippen LogP contribution in [0.2, 0.25) is 5.02 Å². The Labute approximate surface area is 188 Å². The number of carbonyl (C=O) groups excluding carboxylic acids is 1. The Morgan fingerprint density at radius 2 is 1.61 bits per heavy atom. The SMILES string of the molecule is Cc1ccc(Cn2cc(CCC(=O)NCCc3ccc(Cl)cc3)c3ccccc32)cc1. The van der Waals surface area contributed by atoms with Gasteiger partial charge < -0.3 is 9.88 Å². The molecule has 0 aliphatic heterocycles. The lowest BCUT2D eigenvalue weighted by Crippen LogP contribution is -2.25. The summed E-state index contributed by atoms with van der Waals surface area (Å²) in [6.45, 7) is 3.57. The molecule has 0 saturated heterocycles. The predicted octanol–water partition coefficient (Wildman–Crippen LogP) is 5.94. The number of benzene rings is 3. The summed E-state index contributed by atoms with van der Waals surface area (Å²) >= 11 is 5.92. The van der Waals surface area contributed by atoms with Crippen LogP contribution in [0.25, 0.3) is 10.9 Å². The van der Waals surface area contributed by atoms with E-state index >= 15 is 0 Å². The van der Waals surface area contributed by atoms with Crippen molar-refractivity contribution < 1.29 is 4.79 Å². The molecule has 1 N–H and O–H groups in total. The summed E-state index contributed by atoms with van der Waals surface area (Å²) in [5.41, 5.74) is 6.14. The van der Waals surface area contributed by atoms with E-state index in [-0.39, 0.29) is 5.91 Å². The maximum atomic E-state index is 12.4. The predicted molar refractivity (Wildman–Crippen MR) is 129 cm³/mol. The number of aromatic nitrogens is 1. The van der Waals surface area contributed by atoms with Gasteiger partial charge in [0.15, 0.2) is 0 Å². The molecular weight excluding hydrogens is 404 g/mol. The summed E-state index contributed by atoms with van der Waals surface area (Å²) in [4.78, 5) is 12.4. The molecule has 31 heavy (non-hydrogen) atoms. The van der Waals surface area contributed by atoms with Gasteiger partial charge in [0, 0.05) is 41.6 Å². The van der Waals surface area contributed by atoms with Crippen LogP contribution in [0, 0.1) is 6.92 Å². The maximum absolute atomic E-state index is 12.4. The molecule has 1 aromatic heterocycles. The molecule has 1 amide bonds. The number of halogens is 1. The first-order chi connectivity index (χ1) is 15.1. The second-order valence-electron chi connectivity index (χ2n) is 8.01. The van der Waals surface area contributed by atoms with Crippen molar-refractivity contribution in [3.63, 3.8) is 0 Å². The van der Waals surface area contributed by atoms with Crippen LogP contribution >= 0.6 is 11.6 Å². The summed E-state index contributed by atoms with van der Waals surface area (Å²) in [5.74, 6) is 0.0873. The van der Waals surface area contributed by atoms with Gasteiger partial charge in [0.05, 0.1) is 0 Å². The van der Waals surface area contributed by atoms with Crippen molar-refractivity contribution in [1.82, 2.24) is 9.88 Å². The van der Waals surface area contributed by atoms with Crippen LogP contribution in [-0.4, -0.2) is 17.0 Å². The van der Waals surface area contributed by atoms with Gasteiger partial charge in [-0.3, -0.25) is 4.79 Å². The summed E-state index contributed by atoms with van der Waals surface area (Å²) < 4.78 is 2.29. The average molecular weight is 431 g/mol. The lowest BCUT2D eigenvalue weighted by molar-refractivity contribution is -0.121. The zero-order valence-electron chi connectivity index (χ0n) is 17.8. The maximum Gasteiger partial charge on any atom is 0.220 e. The number of amides is 1. The molecule has 0 fully saturated rings. The highest BCUT2D eigenvalue weighted by Crippen LogP contribution is 2.23. The third-order valence-electron chi connectivity index (χ3n) is 5.62. The van der Waals surface area contributed by atoms with Gasteiger partial charge in [0.25, 0.3) is 0 Å². The van der Waals surface area contributed by atoms with E-state index in [1.807, 2.05) is 24.3 Å². The summed E-state index contributed by atoms with van der Waals surface area (Å²) in [5, 5.41) is 4.99. The van der Waals surface area contributed by atoms with Crippen molar-refractivity contribution in [1.29, 1.82) is 0 Å². The van der Waals surface area contributed by atoms with E-state index in [1.165, 1.54) is 33.2 Å². The van der Waals surface area contributed by atoms with Crippen molar-refractivity contribution in [2.24, 2.45) is 0 Å². The van der Waals surface area contributed by atoms with Crippen molar-refractivity contribution in [2.75, 3.05) is 6.54 Å². The average Bonchev–Trinajstić information content (AvgIpc) is 3.13. The molecular formula is C27H27ClN2O. The van der Waals surface area contributed by atoms with E-state index in [9.17, 15) is 4.79 Å². The van der Waals surface area contributed by atoms with Crippen LogP contribution in [-0.2, 0) is 24.2 Å². The standard InChI is InChI=1S/C27H27ClN2O/c1-20-6-8-22(9-7-20)18-30-19-23(25-4-2-3-5-26(25)30)12-15-27(31)29-17-16-21-10-13-24(28)14-11-21/h2-11,13-14,19H,12,15-18H2,1H3,(H,29,31). The molecule has 4 aromatic rings. The topological polar surface area (TPSA) is 34.0 Å².